The second kappa shape index (κ2) is 6.13. The van der Waals surface area contributed by atoms with Gasteiger partial charge in [0.15, 0.2) is 0 Å². The van der Waals surface area contributed by atoms with Gasteiger partial charge in [0.2, 0.25) is 0 Å². The van der Waals surface area contributed by atoms with Gasteiger partial charge in [-0.05, 0) is 56.3 Å². The Bertz CT molecular complexity index is 382. The van der Waals surface area contributed by atoms with Crippen molar-refractivity contribution in [2.24, 2.45) is 17.8 Å². The van der Waals surface area contributed by atoms with E-state index in [-0.39, 0.29) is 11.4 Å². The third-order valence-corrected chi connectivity index (χ3v) is 5.48. The van der Waals surface area contributed by atoms with Gasteiger partial charge >= 0.3 is 0 Å². The van der Waals surface area contributed by atoms with Crippen molar-refractivity contribution in [2.75, 3.05) is 0 Å². The average molecular weight is 283 g/mol. The summed E-state index contributed by atoms with van der Waals surface area (Å²) in [5, 5.41) is 0.272. The van der Waals surface area contributed by atoms with E-state index in [4.69, 9.17) is 4.18 Å². The monoisotopic (exact) mass is 283 g/mol. The zero-order chi connectivity index (χ0) is 14.0. The molecule has 0 aromatic carbocycles. The van der Waals surface area contributed by atoms with E-state index in [0.29, 0.717) is 17.8 Å². The van der Waals surface area contributed by atoms with Crippen molar-refractivity contribution in [3.8, 4) is 0 Å². The second-order valence-electron chi connectivity index (χ2n) is 6.04. The molecular formula is C15H23O3S. The van der Waals surface area contributed by atoms with Gasteiger partial charge < -0.3 is 0 Å². The first-order valence-corrected chi connectivity index (χ1v) is 8.46. The fourth-order valence-corrected chi connectivity index (χ4v) is 4.11. The highest BCUT2D eigenvalue weighted by Gasteiger charge is 2.39. The highest BCUT2D eigenvalue weighted by atomic mass is 32.2. The van der Waals surface area contributed by atoms with E-state index in [1.807, 2.05) is 0 Å². The van der Waals surface area contributed by atoms with Crippen LogP contribution in [0.5, 0.6) is 0 Å². The Hall–Kier alpha value is -0.0900. The molecule has 0 saturated heterocycles. The lowest BCUT2D eigenvalue weighted by molar-refractivity contribution is 0.0517. The van der Waals surface area contributed by atoms with Crippen LogP contribution < -0.4 is 0 Å². The Morgan fingerprint density at radius 1 is 1.21 bits per heavy atom. The average Bonchev–Trinajstić information content (AvgIpc) is 2.81. The van der Waals surface area contributed by atoms with Crippen molar-refractivity contribution >= 4 is 10.1 Å². The van der Waals surface area contributed by atoms with E-state index in [9.17, 15) is 8.42 Å². The zero-order valence-corrected chi connectivity index (χ0v) is 12.7. The van der Waals surface area contributed by atoms with Crippen molar-refractivity contribution < 1.29 is 12.6 Å². The van der Waals surface area contributed by atoms with E-state index >= 15 is 0 Å². The predicted octanol–water partition coefficient (Wildman–Crippen LogP) is 3.16. The third-order valence-electron chi connectivity index (χ3n) is 4.13. The first-order chi connectivity index (χ1) is 8.90. The van der Waals surface area contributed by atoms with Gasteiger partial charge in [0, 0.05) is 0 Å². The molecule has 0 unspecified atom stereocenters. The number of hydrogen-bond donors (Lipinski definition) is 0. The van der Waals surface area contributed by atoms with Crippen LogP contribution in [-0.4, -0.2) is 14.5 Å². The Balaban J connectivity index is 2.05. The quantitative estimate of drug-likeness (QED) is 0.744. The van der Waals surface area contributed by atoms with E-state index in [1.54, 1.807) is 25.7 Å². The molecule has 2 fully saturated rings. The summed E-state index contributed by atoms with van der Waals surface area (Å²) >= 11 is 0. The Morgan fingerprint density at radius 2 is 1.84 bits per heavy atom. The van der Waals surface area contributed by atoms with Crippen molar-refractivity contribution in [1.82, 2.24) is 0 Å². The molecule has 0 aromatic rings. The zero-order valence-electron chi connectivity index (χ0n) is 11.9. The van der Waals surface area contributed by atoms with Crippen LogP contribution in [0.3, 0.4) is 0 Å². The molecule has 2 aliphatic carbocycles. The molecule has 3 nitrogen and oxygen atoms in total. The van der Waals surface area contributed by atoms with Crippen LogP contribution >= 0.6 is 0 Å². The van der Waals surface area contributed by atoms with Gasteiger partial charge in [0.05, 0.1) is 6.10 Å². The Morgan fingerprint density at radius 3 is 2.42 bits per heavy atom. The normalized spacial score (nSPS) is 34.0. The molecular weight excluding hydrogens is 260 g/mol. The minimum Gasteiger partial charge on any atom is -0.266 e. The van der Waals surface area contributed by atoms with Crippen molar-refractivity contribution in [3.05, 3.63) is 30.9 Å². The highest BCUT2D eigenvalue weighted by molar-refractivity contribution is 7.90. The largest absolute Gasteiger partial charge is 0.275 e. The van der Waals surface area contributed by atoms with Crippen LogP contribution in [0.4, 0.5) is 0 Å². The molecule has 0 heterocycles. The molecule has 0 aromatic heterocycles. The minimum absolute atomic E-state index is 0.177. The van der Waals surface area contributed by atoms with Crippen LogP contribution in [0, 0.1) is 48.7 Å². The van der Waals surface area contributed by atoms with Crippen molar-refractivity contribution in [2.45, 2.75) is 46.1 Å². The van der Waals surface area contributed by atoms with Crippen LogP contribution in [0.15, 0.2) is 0 Å². The van der Waals surface area contributed by atoms with Gasteiger partial charge in [-0.3, -0.25) is 4.18 Å². The molecule has 2 aliphatic rings. The maximum Gasteiger partial charge on any atom is 0.275 e. The summed E-state index contributed by atoms with van der Waals surface area (Å²) in [6.07, 6.45) is 9.50. The fraction of sp³-hybridized carbons (Fsp3) is 0.667. The predicted molar refractivity (Wildman–Crippen MR) is 75.6 cm³/mol. The van der Waals surface area contributed by atoms with E-state index in [2.05, 4.69) is 20.8 Å². The van der Waals surface area contributed by atoms with Crippen LogP contribution in [0.1, 0.15) is 40.0 Å². The summed E-state index contributed by atoms with van der Waals surface area (Å²) < 4.78 is 30.0. The van der Waals surface area contributed by atoms with Crippen LogP contribution in [-0.2, 0) is 14.3 Å². The van der Waals surface area contributed by atoms with Crippen LogP contribution in [0.25, 0.3) is 0 Å². The standard InChI is InChI=1S/C15H23O3S/c1-11(2)14-9-8-12(3)10-15(14)18-19(16,17)13-6-4-5-7-13/h4-7,11-12,14-15H,8-10H2,1-3H3/t12-,14+,15-/m1/s1. The summed E-state index contributed by atoms with van der Waals surface area (Å²) in [7, 11) is -3.61. The lowest BCUT2D eigenvalue weighted by Gasteiger charge is -2.36. The SMILES string of the molecule is CC(C)[C@@H]1CC[C@@H](C)C[C@H]1OS(=O)(=O)[C]1[CH][CH][CH][CH]1. The van der Waals surface area contributed by atoms with Gasteiger partial charge in [0.1, 0.15) is 5.25 Å². The van der Waals surface area contributed by atoms with Crippen molar-refractivity contribution in [3.63, 3.8) is 0 Å². The summed E-state index contributed by atoms with van der Waals surface area (Å²) in [6.45, 7) is 6.46. The smallest absolute Gasteiger partial charge is 0.266 e. The topological polar surface area (TPSA) is 43.4 Å². The Kier molecular flexibility index (Phi) is 4.93. The molecule has 0 N–H and O–H groups in total. The van der Waals surface area contributed by atoms with Gasteiger partial charge in [-0.2, -0.15) is 8.42 Å². The van der Waals surface area contributed by atoms with Crippen LogP contribution in [0.2, 0.25) is 0 Å². The van der Waals surface area contributed by atoms with Crippen molar-refractivity contribution in [1.29, 1.82) is 0 Å². The molecule has 4 heteroatoms. The molecule has 107 valence electrons. The third kappa shape index (κ3) is 3.72. The molecule has 2 saturated carbocycles. The summed E-state index contributed by atoms with van der Waals surface area (Å²) in [6, 6.07) is 0. The van der Waals surface area contributed by atoms with E-state index < -0.39 is 10.1 Å². The van der Waals surface area contributed by atoms with E-state index in [1.165, 1.54) is 6.42 Å². The van der Waals surface area contributed by atoms with Gasteiger partial charge in [-0.15, -0.1) is 0 Å². The summed E-state index contributed by atoms with van der Waals surface area (Å²) in [5.74, 6) is 1.32. The molecule has 0 amide bonds. The Labute approximate surface area is 118 Å². The molecule has 0 spiro atoms. The van der Waals surface area contributed by atoms with E-state index in [0.717, 1.165) is 12.8 Å². The maximum atomic E-state index is 12.2. The molecule has 0 aliphatic heterocycles. The molecule has 2 rings (SSSR count). The summed E-state index contributed by atoms with van der Waals surface area (Å²) in [4.78, 5) is 0. The maximum absolute atomic E-state index is 12.2. The number of rotatable bonds is 4. The van der Waals surface area contributed by atoms with Gasteiger partial charge in [-0.1, -0.05) is 27.2 Å². The highest BCUT2D eigenvalue weighted by Crippen LogP contribution is 2.38. The molecule has 3 atom stereocenters. The fourth-order valence-electron chi connectivity index (χ4n) is 2.97. The van der Waals surface area contributed by atoms with Gasteiger partial charge in [-0.25, -0.2) is 0 Å². The van der Waals surface area contributed by atoms with Gasteiger partial charge in [0.25, 0.3) is 10.1 Å². The summed E-state index contributed by atoms with van der Waals surface area (Å²) in [5.41, 5.74) is 0. The minimum atomic E-state index is -3.61. The lowest BCUT2D eigenvalue weighted by atomic mass is 9.75. The molecule has 19 heavy (non-hydrogen) atoms. The molecule has 5 radical (unpaired) electrons. The number of hydrogen-bond acceptors (Lipinski definition) is 3. The first-order valence-electron chi connectivity index (χ1n) is 7.05. The lowest BCUT2D eigenvalue weighted by Crippen LogP contribution is -2.36. The molecule has 0 bridgehead atoms. The first kappa shape index (κ1) is 15.3. The second-order valence-corrected chi connectivity index (χ2v) is 7.61.